The Morgan fingerprint density at radius 3 is 2.65 bits per heavy atom. The molecule has 164 valence electrons. The van der Waals surface area contributed by atoms with E-state index >= 15 is 0 Å². The van der Waals surface area contributed by atoms with Crippen LogP contribution in [0.2, 0.25) is 5.02 Å². The van der Waals surface area contributed by atoms with Crippen LogP contribution in [0.25, 0.3) is 11.4 Å². The Bertz CT molecular complexity index is 1130. The fourth-order valence-corrected chi connectivity index (χ4v) is 5.88. The van der Waals surface area contributed by atoms with E-state index in [1.165, 1.54) is 28.7 Å². The molecule has 31 heavy (non-hydrogen) atoms. The quantitative estimate of drug-likeness (QED) is 0.440. The van der Waals surface area contributed by atoms with Gasteiger partial charge in [0.2, 0.25) is 21.7 Å². The zero-order valence-corrected chi connectivity index (χ0v) is 19.5. The van der Waals surface area contributed by atoms with Gasteiger partial charge >= 0.3 is 0 Å². The van der Waals surface area contributed by atoms with Gasteiger partial charge in [0.1, 0.15) is 4.90 Å². The molecular formula is C21H23ClN4O3S2. The van der Waals surface area contributed by atoms with Crippen LogP contribution in [0, 0.1) is 0 Å². The van der Waals surface area contributed by atoms with Crippen LogP contribution in [-0.2, 0) is 15.8 Å². The molecule has 0 atom stereocenters. The number of hydrogen-bond acceptors (Lipinski definition) is 7. The van der Waals surface area contributed by atoms with E-state index in [1.807, 2.05) is 18.2 Å². The van der Waals surface area contributed by atoms with Crippen molar-refractivity contribution < 1.29 is 12.9 Å². The lowest BCUT2D eigenvalue weighted by molar-refractivity contribution is 0.285. The standard InChI is InChI=1S/C21H23ClN4O3S2/c1-26(15-7-3-2-4-8-15)31(27,28)16-11-12-20(23-13-16)30-14-19-24-21(25-29-19)17-9-5-6-10-18(17)22/h5-6,9-13,15H,2-4,7-8,14H2,1H3. The van der Waals surface area contributed by atoms with E-state index in [0.29, 0.717) is 33.1 Å². The SMILES string of the molecule is CN(C1CCCCC1)S(=O)(=O)c1ccc(SCc2nc(-c3ccccc3Cl)no2)nc1. The third kappa shape index (κ3) is 5.11. The Kier molecular flexibility index (Phi) is 6.95. The Hall–Kier alpha value is -1.94. The number of benzene rings is 1. The van der Waals surface area contributed by atoms with E-state index in [2.05, 4.69) is 15.1 Å². The summed E-state index contributed by atoms with van der Waals surface area (Å²) in [5.74, 6) is 1.29. The van der Waals surface area contributed by atoms with Gasteiger partial charge in [-0.05, 0) is 37.1 Å². The third-order valence-electron chi connectivity index (χ3n) is 5.40. The maximum Gasteiger partial charge on any atom is 0.244 e. The Balaban J connectivity index is 1.39. The number of rotatable bonds is 7. The summed E-state index contributed by atoms with van der Waals surface area (Å²) >= 11 is 7.57. The second-order valence-electron chi connectivity index (χ2n) is 7.43. The monoisotopic (exact) mass is 478 g/mol. The molecule has 4 rings (SSSR count). The van der Waals surface area contributed by atoms with E-state index in [0.717, 1.165) is 25.7 Å². The molecule has 3 aromatic rings. The topological polar surface area (TPSA) is 89.2 Å². The van der Waals surface area contributed by atoms with Crippen LogP contribution >= 0.6 is 23.4 Å². The summed E-state index contributed by atoms with van der Waals surface area (Å²) in [7, 11) is -1.88. The predicted molar refractivity (Wildman–Crippen MR) is 120 cm³/mol. The van der Waals surface area contributed by atoms with Crippen LogP contribution in [0.15, 0.2) is 57.0 Å². The highest BCUT2D eigenvalue weighted by Crippen LogP contribution is 2.29. The third-order valence-corrected chi connectivity index (χ3v) is 8.55. The molecule has 0 aliphatic heterocycles. The zero-order chi connectivity index (χ0) is 21.8. The molecule has 10 heteroatoms. The van der Waals surface area contributed by atoms with Gasteiger partial charge in [0, 0.05) is 24.8 Å². The highest BCUT2D eigenvalue weighted by molar-refractivity contribution is 7.98. The molecule has 1 aliphatic carbocycles. The summed E-state index contributed by atoms with van der Waals surface area (Å²) in [4.78, 5) is 8.90. The van der Waals surface area contributed by atoms with Crippen molar-refractivity contribution in [3.05, 3.63) is 53.5 Å². The van der Waals surface area contributed by atoms with Gasteiger partial charge in [0.25, 0.3) is 0 Å². The Morgan fingerprint density at radius 1 is 1.16 bits per heavy atom. The molecule has 0 saturated heterocycles. The highest BCUT2D eigenvalue weighted by atomic mass is 35.5. The first-order valence-electron chi connectivity index (χ1n) is 10.1. The zero-order valence-electron chi connectivity index (χ0n) is 17.1. The first-order chi connectivity index (χ1) is 14.9. The molecule has 0 unspecified atom stereocenters. The largest absolute Gasteiger partial charge is 0.338 e. The van der Waals surface area contributed by atoms with Gasteiger partial charge in [0.05, 0.1) is 15.8 Å². The lowest BCUT2D eigenvalue weighted by Crippen LogP contribution is -2.38. The number of halogens is 1. The summed E-state index contributed by atoms with van der Waals surface area (Å²) in [5.41, 5.74) is 0.707. The second kappa shape index (κ2) is 9.68. The summed E-state index contributed by atoms with van der Waals surface area (Å²) in [5, 5.41) is 5.21. The normalized spacial score (nSPS) is 15.5. The van der Waals surface area contributed by atoms with Crippen molar-refractivity contribution in [1.82, 2.24) is 19.4 Å². The van der Waals surface area contributed by atoms with Crippen molar-refractivity contribution in [1.29, 1.82) is 0 Å². The molecule has 1 aliphatic rings. The van der Waals surface area contributed by atoms with Gasteiger partial charge in [-0.2, -0.15) is 9.29 Å². The number of sulfonamides is 1. The van der Waals surface area contributed by atoms with Crippen LogP contribution < -0.4 is 0 Å². The minimum absolute atomic E-state index is 0.0673. The van der Waals surface area contributed by atoms with Crippen molar-refractivity contribution in [2.75, 3.05) is 7.05 Å². The average Bonchev–Trinajstić information content (AvgIpc) is 3.27. The number of hydrogen-bond donors (Lipinski definition) is 0. The van der Waals surface area contributed by atoms with Crippen molar-refractivity contribution in [2.45, 2.75) is 53.8 Å². The Morgan fingerprint density at radius 2 is 1.94 bits per heavy atom. The molecule has 0 bridgehead atoms. The second-order valence-corrected chi connectivity index (χ2v) is 10.8. The number of pyridine rings is 1. The van der Waals surface area contributed by atoms with Gasteiger partial charge in [-0.25, -0.2) is 13.4 Å². The van der Waals surface area contributed by atoms with E-state index in [-0.39, 0.29) is 10.9 Å². The molecule has 0 N–H and O–H groups in total. The average molecular weight is 479 g/mol. The summed E-state index contributed by atoms with van der Waals surface area (Å²) in [6, 6.07) is 10.7. The minimum atomic E-state index is -3.55. The van der Waals surface area contributed by atoms with Crippen molar-refractivity contribution in [3.63, 3.8) is 0 Å². The Labute approximate surface area is 191 Å². The number of thioether (sulfide) groups is 1. The number of aromatic nitrogens is 3. The molecule has 1 saturated carbocycles. The van der Waals surface area contributed by atoms with Crippen LogP contribution in [0.4, 0.5) is 0 Å². The molecule has 2 aromatic heterocycles. The van der Waals surface area contributed by atoms with Crippen molar-refractivity contribution in [2.24, 2.45) is 0 Å². The van der Waals surface area contributed by atoms with E-state index in [1.54, 1.807) is 25.2 Å². The van der Waals surface area contributed by atoms with Crippen LogP contribution in [0.1, 0.15) is 38.0 Å². The van der Waals surface area contributed by atoms with Gasteiger partial charge in [-0.3, -0.25) is 0 Å². The van der Waals surface area contributed by atoms with Gasteiger partial charge in [-0.15, -0.1) is 0 Å². The van der Waals surface area contributed by atoms with E-state index in [4.69, 9.17) is 16.1 Å². The van der Waals surface area contributed by atoms with Crippen LogP contribution in [0.3, 0.4) is 0 Å². The van der Waals surface area contributed by atoms with Crippen LogP contribution in [0.5, 0.6) is 0 Å². The van der Waals surface area contributed by atoms with Gasteiger partial charge in [-0.1, -0.05) is 59.9 Å². The van der Waals surface area contributed by atoms with Crippen molar-refractivity contribution >= 4 is 33.4 Å². The molecule has 7 nitrogen and oxygen atoms in total. The minimum Gasteiger partial charge on any atom is -0.338 e. The molecule has 0 amide bonds. The van der Waals surface area contributed by atoms with E-state index < -0.39 is 10.0 Å². The molecule has 0 radical (unpaired) electrons. The highest BCUT2D eigenvalue weighted by Gasteiger charge is 2.29. The first kappa shape index (κ1) is 22.3. The van der Waals surface area contributed by atoms with Gasteiger partial charge < -0.3 is 4.52 Å². The summed E-state index contributed by atoms with van der Waals surface area (Å²) in [6.07, 6.45) is 6.57. The van der Waals surface area contributed by atoms with Crippen LogP contribution in [-0.4, -0.2) is 40.9 Å². The fourth-order valence-electron chi connectivity index (χ4n) is 3.61. The number of nitrogens with zero attached hydrogens (tertiary/aromatic N) is 4. The first-order valence-corrected chi connectivity index (χ1v) is 12.9. The predicted octanol–water partition coefficient (Wildman–Crippen LogP) is 5.03. The fraction of sp³-hybridized carbons (Fsp3) is 0.381. The van der Waals surface area contributed by atoms with Gasteiger partial charge in [0.15, 0.2) is 0 Å². The molecule has 1 aromatic carbocycles. The van der Waals surface area contributed by atoms with E-state index in [9.17, 15) is 8.42 Å². The molecule has 1 fully saturated rings. The smallest absolute Gasteiger partial charge is 0.244 e. The lowest BCUT2D eigenvalue weighted by atomic mass is 9.96. The van der Waals surface area contributed by atoms with Crippen molar-refractivity contribution in [3.8, 4) is 11.4 Å². The summed E-state index contributed by atoms with van der Waals surface area (Å²) < 4.78 is 32.7. The maximum absolute atomic E-state index is 12.9. The lowest BCUT2D eigenvalue weighted by Gasteiger charge is -2.30. The molecule has 0 spiro atoms. The molecule has 2 heterocycles. The maximum atomic E-state index is 12.9. The molecular weight excluding hydrogens is 456 g/mol. The summed E-state index contributed by atoms with van der Waals surface area (Å²) in [6.45, 7) is 0.